The van der Waals surface area contributed by atoms with Gasteiger partial charge in [-0.3, -0.25) is 19.3 Å². The lowest BCUT2D eigenvalue weighted by atomic mass is 10.2. The number of hydrogen-bond acceptors (Lipinski definition) is 5. The molecule has 8 nitrogen and oxygen atoms in total. The Morgan fingerprint density at radius 1 is 1.15 bits per heavy atom. The van der Waals surface area contributed by atoms with Crippen molar-refractivity contribution in [1.82, 2.24) is 19.3 Å². The second kappa shape index (κ2) is 9.07. The van der Waals surface area contributed by atoms with Crippen molar-refractivity contribution in [2.45, 2.75) is 19.9 Å². The van der Waals surface area contributed by atoms with E-state index in [0.717, 1.165) is 11.6 Å². The number of halogens is 1. The molecule has 9 heteroatoms. The van der Waals surface area contributed by atoms with E-state index in [9.17, 15) is 14.0 Å². The summed E-state index contributed by atoms with van der Waals surface area (Å²) in [5.74, 6) is -0.658. The summed E-state index contributed by atoms with van der Waals surface area (Å²) in [6, 6.07) is 10.4. The van der Waals surface area contributed by atoms with E-state index in [0.29, 0.717) is 11.4 Å². The zero-order chi connectivity index (χ0) is 23.5. The number of pyridine rings is 2. The van der Waals surface area contributed by atoms with Crippen molar-refractivity contribution in [1.29, 1.82) is 0 Å². The van der Waals surface area contributed by atoms with Crippen LogP contribution in [0.2, 0.25) is 0 Å². The number of ether oxygens (including phenoxy) is 1. The molecule has 4 aromatic rings. The maximum absolute atomic E-state index is 14.7. The zero-order valence-electron chi connectivity index (χ0n) is 18.3. The number of aromatic nitrogens is 4. The van der Waals surface area contributed by atoms with Gasteiger partial charge in [-0.2, -0.15) is 5.10 Å². The Labute approximate surface area is 189 Å². The summed E-state index contributed by atoms with van der Waals surface area (Å²) in [5.41, 5.74) is 0.931. The van der Waals surface area contributed by atoms with Crippen molar-refractivity contribution in [3.05, 3.63) is 89.0 Å². The third-order valence-corrected chi connectivity index (χ3v) is 4.93. The van der Waals surface area contributed by atoms with Crippen molar-refractivity contribution in [3.8, 4) is 22.8 Å². The highest BCUT2D eigenvalue weighted by Crippen LogP contribution is 2.28. The molecule has 0 aliphatic heterocycles. The minimum Gasteiger partial charge on any atom is -0.457 e. The van der Waals surface area contributed by atoms with E-state index in [1.165, 1.54) is 22.8 Å². The van der Waals surface area contributed by atoms with Crippen LogP contribution >= 0.6 is 0 Å². The van der Waals surface area contributed by atoms with Gasteiger partial charge in [-0.15, -0.1) is 0 Å². The molecule has 0 unspecified atom stereocenters. The fourth-order valence-electron chi connectivity index (χ4n) is 3.26. The maximum Gasteiger partial charge on any atom is 0.263 e. The van der Waals surface area contributed by atoms with Gasteiger partial charge in [0, 0.05) is 49.4 Å². The predicted molar refractivity (Wildman–Crippen MR) is 122 cm³/mol. The molecule has 0 aliphatic carbocycles. The molecule has 4 rings (SSSR count). The number of rotatable bonds is 6. The first-order chi connectivity index (χ1) is 15.8. The zero-order valence-corrected chi connectivity index (χ0v) is 18.3. The average molecular weight is 447 g/mol. The first kappa shape index (κ1) is 21.9. The molecule has 3 heterocycles. The monoisotopic (exact) mass is 447 g/mol. The molecule has 0 atom stereocenters. The van der Waals surface area contributed by atoms with Crippen molar-refractivity contribution < 1.29 is 13.9 Å². The molecule has 0 bridgehead atoms. The quantitative estimate of drug-likeness (QED) is 0.473. The third-order valence-electron chi connectivity index (χ3n) is 4.93. The van der Waals surface area contributed by atoms with Crippen LogP contribution in [0.1, 0.15) is 30.2 Å². The fraction of sp³-hybridized carbons (Fsp3) is 0.167. The first-order valence-electron chi connectivity index (χ1n) is 10.3. The van der Waals surface area contributed by atoms with Crippen LogP contribution in [0.4, 0.5) is 10.1 Å². The minimum atomic E-state index is -0.692. The number of nitrogens with one attached hydrogen (secondary N) is 1. The summed E-state index contributed by atoms with van der Waals surface area (Å²) in [6.45, 7) is 3.67. The second-order valence-corrected chi connectivity index (χ2v) is 7.71. The lowest BCUT2D eigenvalue weighted by Crippen LogP contribution is -2.29. The van der Waals surface area contributed by atoms with Gasteiger partial charge in [-0.1, -0.05) is 0 Å². The van der Waals surface area contributed by atoms with E-state index in [4.69, 9.17) is 4.74 Å². The molecule has 0 saturated heterocycles. The van der Waals surface area contributed by atoms with Crippen molar-refractivity contribution >= 4 is 11.6 Å². The van der Waals surface area contributed by atoms with Crippen molar-refractivity contribution in [3.63, 3.8) is 0 Å². The second-order valence-electron chi connectivity index (χ2n) is 7.71. The highest BCUT2D eigenvalue weighted by atomic mass is 19.1. The van der Waals surface area contributed by atoms with Crippen LogP contribution in [0.3, 0.4) is 0 Å². The van der Waals surface area contributed by atoms with Gasteiger partial charge in [0.2, 0.25) is 0 Å². The van der Waals surface area contributed by atoms with Crippen LogP contribution in [0, 0.1) is 5.82 Å². The smallest absolute Gasteiger partial charge is 0.263 e. The summed E-state index contributed by atoms with van der Waals surface area (Å²) in [6.07, 6.45) is 6.71. The van der Waals surface area contributed by atoms with Crippen LogP contribution in [0.15, 0.2) is 72.0 Å². The molecule has 168 valence electrons. The summed E-state index contributed by atoms with van der Waals surface area (Å²) in [4.78, 5) is 29.4. The summed E-state index contributed by atoms with van der Waals surface area (Å²) >= 11 is 0. The Morgan fingerprint density at radius 2 is 1.94 bits per heavy atom. The van der Waals surface area contributed by atoms with E-state index in [1.807, 2.05) is 27.1 Å². The standard InChI is InChI=1S/C24H22FN5O3/c1-15(2)30-10-4-5-19(24(30)32)23(31)28-21-7-6-17(11-20(21)25)33-18-8-9-26-22(12-18)16-13-27-29(3)14-16/h4-15H,1-3H3,(H,28,31). The third kappa shape index (κ3) is 4.82. The highest BCUT2D eigenvalue weighted by Gasteiger charge is 2.16. The van der Waals surface area contributed by atoms with Gasteiger partial charge in [0.15, 0.2) is 0 Å². The summed E-state index contributed by atoms with van der Waals surface area (Å²) in [5, 5.41) is 6.58. The lowest BCUT2D eigenvalue weighted by molar-refractivity contribution is 0.102. The Bertz CT molecular complexity index is 1380. The molecule has 0 spiro atoms. The molecule has 1 aromatic carbocycles. The van der Waals surface area contributed by atoms with E-state index in [1.54, 1.807) is 41.5 Å². The largest absolute Gasteiger partial charge is 0.457 e. The number of anilines is 1. The Kier molecular flexibility index (Phi) is 6.03. The molecular weight excluding hydrogens is 425 g/mol. The number of carbonyl (C=O) groups excluding carboxylic acids is 1. The van der Waals surface area contributed by atoms with Crippen LogP contribution in [0.25, 0.3) is 11.3 Å². The van der Waals surface area contributed by atoms with E-state index >= 15 is 0 Å². The SMILES string of the molecule is CC(C)n1cccc(C(=O)Nc2ccc(Oc3ccnc(-c4cnn(C)c4)c3)cc2F)c1=O. The maximum atomic E-state index is 14.7. The number of aryl methyl sites for hydroxylation is 1. The molecule has 3 aromatic heterocycles. The van der Waals surface area contributed by atoms with Gasteiger partial charge in [0.1, 0.15) is 22.9 Å². The topological polar surface area (TPSA) is 91.0 Å². The molecular formula is C24H22FN5O3. The number of carbonyl (C=O) groups is 1. The van der Waals surface area contributed by atoms with E-state index in [2.05, 4.69) is 15.4 Å². The van der Waals surface area contributed by atoms with E-state index < -0.39 is 17.3 Å². The summed E-state index contributed by atoms with van der Waals surface area (Å²) in [7, 11) is 1.81. The molecule has 1 N–H and O–H groups in total. The van der Waals surface area contributed by atoms with Crippen molar-refractivity contribution in [2.75, 3.05) is 5.32 Å². The lowest BCUT2D eigenvalue weighted by Gasteiger charge is -2.12. The minimum absolute atomic E-state index is 0.0579. The number of hydrogen-bond donors (Lipinski definition) is 1. The number of nitrogens with zero attached hydrogens (tertiary/aromatic N) is 4. The normalized spacial score (nSPS) is 10.9. The number of amides is 1. The van der Waals surface area contributed by atoms with Crippen LogP contribution < -0.4 is 15.6 Å². The Hall–Kier alpha value is -4.27. The van der Waals surface area contributed by atoms with E-state index in [-0.39, 0.29) is 23.0 Å². The van der Waals surface area contributed by atoms with Gasteiger partial charge < -0.3 is 14.6 Å². The number of benzene rings is 1. The molecule has 0 saturated carbocycles. The molecule has 0 radical (unpaired) electrons. The molecule has 33 heavy (non-hydrogen) atoms. The fourth-order valence-corrected chi connectivity index (χ4v) is 3.26. The van der Waals surface area contributed by atoms with Gasteiger partial charge in [0.25, 0.3) is 11.5 Å². The Morgan fingerprint density at radius 3 is 2.64 bits per heavy atom. The van der Waals surface area contributed by atoms with Crippen LogP contribution in [-0.2, 0) is 7.05 Å². The average Bonchev–Trinajstić information content (AvgIpc) is 3.22. The van der Waals surface area contributed by atoms with Crippen LogP contribution in [-0.4, -0.2) is 25.2 Å². The molecule has 0 aliphatic rings. The van der Waals surface area contributed by atoms with Crippen molar-refractivity contribution in [2.24, 2.45) is 7.05 Å². The van der Waals surface area contributed by atoms with Gasteiger partial charge in [-0.05, 0) is 44.2 Å². The molecule has 0 fully saturated rings. The highest BCUT2D eigenvalue weighted by molar-refractivity contribution is 6.04. The van der Waals surface area contributed by atoms with Crippen LogP contribution in [0.5, 0.6) is 11.5 Å². The van der Waals surface area contributed by atoms with Gasteiger partial charge >= 0.3 is 0 Å². The van der Waals surface area contributed by atoms with Gasteiger partial charge in [0.05, 0.1) is 17.6 Å². The Balaban J connectivity index is 1.51. The summed E-state index contributed by atoms with van der Waals surface area (Å²) < 4.78 is 23.6. The molecule has 1 amide bonds. The predicted octanol–water partition coefficient (Wildman–Crippen LogP) is 4.41. The van der Waals surface area contributed by atoms with Gasteiger partial charge in [-0.25, -0.2) is 4.39 Å². The first-order valence-corrected chi connectivity index (χ1v) is 10.3.